The minimum atomic E-state index is 0.0255. The molecule has 0 unspecified atom stereocenters. The van der Waals surface area contributed by atoms with Crippen LogP contribution in [0.2, 0.25) is 0 Å². The third-order valence-electron chi connectivity index (χ3n) is 5.59. The van der Waals surface area contributed by atoms with E-state index in [0.717, 1.165) is 64.1 Å². The smallest absolute Gasteiger partial charge is 0.257 e. The molecule has 0 atom stereocenters. The summed E-state index contributed by atoms with van der Waals surface area (Å²) in [5.74, 6) is 1.66. The maximum atomic E-state index is 13.0. The number of aromatic nitrogens is 3. The summed E-state index contributed by atoms with van der Waals surface area (Å²) < 4.78 is 0. The van der Waals surface area contributed by atoms with Gasteiger partial charge in [-0.05, 0) is 44.7 Å². The summed E-state index contributed by atoms with van der Waals surface area (Å²) in [6.45, 7) is 8.49. The Balaban J connectivity index is 0.00000141. The summed E-state index contributed by atoms with van der Waals surface area (Å²) in [6.07, 6.45) is 8.88. The number of hydrogen-bond donors (Lipinski definition) is 3. The fourth-order valence-electron chi connectivity index (χ4n) is 3.85. The number of nitrogens with one attached hydrogen (secondary N) is 3. The molecule has 0 aliphatic carbocycles. The molecule has 2 saturated heterocycles. The van der Waals surface area contributed by atoms with Gasteiger partial charge in [0, 0.05) is 31.9 Å². The number of pyridine rings is 1. The van der Waals surface area contributed by atoms with E-state index in [1.54, 1.807) is 6.20 Å². The van der Waals surface area contributed by atoms with Crippen molar-refractivity contribution in [1.82, 2.24) is 25.2 Å². The van der Waals surface area contributed by atoms with Crippen LogP contribution in [0.1, 0.15) is 55.6 Å². The van der Waals surface area contributed by atoms with Gasteiger partial charge in [0.25, 0.3) is 5.91 Å². The first-order chi connectivity index (χ1) is 15.7. The van der Waals surface area contributed by atoms with Crippen LogP contribution in [0.15, 0.2) is 24.7 Å². The Kier molecular flexibility index (Phi) is 8.75. The van der Waals surface area contributed by atoms with Crippen LogP contribution in [-0.4, -0.2) is 58.5 Å². The second-order valence-corrected chi connectivity index (χ2v) is 7.71. The third-order valence-corrected chi connectivity index (χ3v) is 5.59. The first kappa shape index (κ1) is 23.4. The quantitative estimate of drug-likeness (QED) is 0.632. The number of carbonyl (C=O) groups excluding carboxylic acids is 1. The molecule has 2 aliphatic rings. The Bertz CT molecular complexity index is 913. The predicted molar refractivity (Wildman–Crippen MR) is 125 cm³/mol. The SMILES string of the molecule is CC.N#Cc1cnc(Nc2cc(NCC3CCNCC3)c(C(=O)N3CCCC3)cn2)cn1. The van der Waals surface area contributed by atoms with Crippen molar-refractivity contribution < 1.29 is 4.79 Å². The minimum absolute atomic E-state index is 0.0255. The lowest BCUT2D eigenvalue weighted by Gasteiger charge is -2.24. The first-order valence-corrected chi connectivity index (χ1v) is 11.5. The van der Waals surface area contributed by atoms with Gasteiger partial charge < -0.3 is 20.9 Å². The minimum Gasteiger partial charge on any atom is -0.384 e. The van der Waals surface area contributed by atoms with E-state index in [1.807, 2.05) is 30.9 Å². The number of amides is 1. The number of likely N-dealkylation sites (tertiary alicyclic amines) is 1. The maximum Gasteiger partial charge on any atom is 0.257 e. The largest absolute Gasteiger partial charge is 0.384 e. The Morgan fingerprint density at radius 3 is 2.50 bits per heavy atom. The predicted octanol–water partition coefficient (Wildman–Crippen LogP) is 3.16. The number of carbonyl (C=O) groups is 1. The topological polar surface area (TPSA) is 119 Å². The van der Waals surface area contributed by atoms with Gasteiger partial charge in [-0.25, -0.2) is 15.0 Å². The van der Waals surface area contributed by atoms with Crippen molar-refractivity contribution in [2.24, 2.45) is 5.92 Å². The van der Waals surface area contributed by atoms with E-state index in [4.69, 9.17) is 5.26 Å². The van der Waals surface area contributed by atoms with Crippen LogP contribution in [0, 0.1) is 17.2 Å². The highest BCUT2D eigenvalue weighted by molar-refractivity contribution is 6.00. The maximum absolute atomic E-state index is 13.0. The van der Waals surface area contributed by atoms with Crippen LogP contribution < -0.4 is 16.0 Å². The molecule has 1 amide bonds. The fraction of sp³-hybridized carbons (Fsp3) is 0.522. The Morgan fingerprint density at radius 2 is 1.84 bits per heavy atom. The normalized spacial score (nSPS) is 16.0. The van der Waals surface area contributed by atoms with Crippen molar-refractivity contribution >= 4 is 23.2 Å². The van der Waals surface area contributed by atoms with Crippen LogP contribution in [0.3, 0.4) is 0 Å². The molecule has 0 saturated carbocycles. The molecule has 9 heteroatoms. The van der Waals surface area contributed by atoms with Crippen molar-refractivity contribution in [3.8, 4) is 6.07 Å². The van der Waals surface area contributed by atoms with Crippen LogP contribution >= 0.6 is 0 Å². The van der Waals surface area contributed by atoms with E-state index in [0.29, 0.717) is 23.1 Å². The van der Waals surface area contributed by atoms with Crippen molar-refractivity contribution in [1.29, 1.82) is 5.26 Å². The van der Waals surface area contributed by atoms with Crippen LogP contribution in [0.25, 0.3) is 0 Å². The Morgan fingerprint density at radius 1 is 1.12 bits per heavy atom. The molecule has 2 aromatic heterocycles. The van der Waals surface area contributed by atoms with Crippen molar-refractivity contribution in [2.45, 2.75) is 39.5 Å². The van der Waals surface area contributed by atoms with E-state index >= 15 is 0 Å². The van der Waals surface area contributed by atoms with Gasteiger partial charge in [0.05, 0.1) is 23.6 Å². The van der Waals surface area contributed by atoms with E-state index in [2.05, 4.69) is 30.9 Å². The second kappa shape index (κ2) is 12.0. The number of nitrogens with zero attached hydrogens (tertiary/aromatic N) is 5. The highest BCUT2D eigenvalue weighted by Crippen LogP contribution is 2.25. The Hall–Kier alpha value is -3.25. The lowest BCUT2D eigenvalue weighted by molar-refractivity contribution is 0.0793. The van der Waals surface area contributed by atoms with Gasteiger partial charge in [-0.1, -0.05) is 13.8 Å². The average Bonchev–Trinajstić information content (AvgIpc) is 3.40. The standard InChI is InChI=1S/C21H26N8O.C2H6/c22-10-16-12-26-20(14-24-16)28-19-9-18(25-11-15-3-5-23-6-4-15)17(13-27-19)21(30)29-7-1-2-8-29;1-2/h9,12-15,23H,1-8,11H2,(H2,25,26,27,28);1-2H3. The summed E-state index contributed by atoms with van der Waals surface area (Å²) in [7, 11) is 0. The molecular formula is C23H32N8O. The van der Waals surface area contributed by atoms with Gasteiger partial charge >= 0.3 is 0 Å². The lowest BCUT2D eigenvalue weighted by Crippen LogP contribution is -2.32. The van der Waals surface area contributed by atoms with Gasteiger partial charge in [0.1, 0.15) is 17.7 Å². The summed E-state index contributed by atoms with van der Waals surface area (Å²) in [5, 5.41) is 18.8. The zero-order valence-electron chi connectivity index (χ0n) is 18.9. The van der Waals surface area contributed by atoms with Crippen molar-refractivity contribution in [2.75, 3.05) is 43.4 Å². The molecule has 170 valence electrons. The summed E-state index contributed by atoms with van der Waals surface area (Å²) in [6, 6.07) is 3.80. The average molecular weight is 437 g/mol. The highest BCUT2D eigenvalue weighted by atomic mass is 16.2. The van der Waals surface area contributed by atoms with Gasteiger partial charge in [0.2, 0.25) is 0 Å². The number of anilines is 3. The fourth-order valence-corrected chi connectivity index (χ4v) is 3.85. The highest BCUT2D eigenvalue weighted by Gasteiger charge is 2.23. The van der Waals surface area contributed by atoms with Crippen LogP contribution in [0.5, 0.6) is 0 Å². The van der Waals surface area contributed by atoms with Gasteiger partial charge in [-0.2, -0.15) is 5.26 Å². The van der Waals surface area contributed by atoms with E-state index in [1.165, 1.54) is 12.4 Å². The Labute approximate surface area is 189 Å². The molecule has 4 rings (SSSR count). The molecule has 2 fully saturated rings. The zero-order valence-corrected chi connectivity index (χ0v) is 18.9. The van der Waals surface area contributed by atoms with E-state index in [9.17, 15) is 4.79 Å². The van der Waals surface area contributed by atoms with Gasteiger partial charge in [0.15, 0.2) is 5.69 Å². The van der Waals surface area contributed by atoms with E-state index < -0.39 is 0 Å². The monoisotopic (exact) mass is 436 g/mol. The summed E-state index contributed by atoms with van der Waals surface area (Å²) in [4.78, 5) is 27.5. The molecular weight excluding hydrogens is 404 g/mol. The molecule has 2 aromatic rings. The molecule has 0 radical (unpaired) electrons. The number of hydrogen-bond acceptors (Lipinski definition) is 8. The van der Waals surface area contributed by atoms with Crippen LogP contribution in [-0.2, 0) is 0 Å². The number of nitriles is 1. The molecule has 32 heavy (non-hydrogen) atoms. The molecule has 3 N–H and O–H groups in total. The summed E-state index contributed by atoms with van der Waals surface area (Å²) >= 11 is 0. The van der Waals surface area contributed by atoms with Crippen LogP contribution in [0.4, 0.5) is 17.3 Å². The molecule has 0 bridgehead atoms. The third kappa shape index (κ3) is 6.14. The number of piperidine rings is 1. The molecule has 9 nitrogen and oxygen atoms in total. The zero-order chi connectivity index (χ0) is 22.8. The van der Waals surface area contributed by atoms with Crippen molar-refractivity contribution in [3.63, 3.8) is 0 Å². The molecule has 4 heterocycles. The van der Waals surface area contributed by atoms with Gasteiger partial charge in [-0.15, -0.1) is 0 Å². The van der Waals surface area contributed by atoms with Gasteiger partial charge in [-0.3, -0.25) is 4.79 Å². The molecule has 0 spiro atoms. The molecule has 2 aliphatic heterocycles. The van der Waals surface area contributed by atoms with E-state index in [-0.39, 0.29) is 11.6 Å². The number of rotatable bonds is 6. The molecule has 0 aromatic carbocycles. The lowest BCUT2D eigenvalue weighted by atomic mass is 9.98. The second-order valence-electron chi connectivity index (χ2n) is 7.71. The first-order valence-electron chi connectivity index (χ1n) is 11.5. The summed E-state index contributed by atoms with van der Waals surface area (Å²) in [5.41, 5.74) is 1.64. The van der Waals surface area contributed by atoms with Crippen molar-refractivity contribution in [3.05, 3.63) is 35.9 Å².